The molecule has 76 heavy (non-hydrogen) atoms. The molecular formula is C55H90O21. The first-order chi connectivity index (χ1) is 36.3. The molecule has 30 atom stereocenters. The molecule has 10 aliphatic rings. The van der Waals surface area contributed by atoms with E-state index in [1.54, 1.807) is 28.3 Å². The number of methoxy groups -OCH3 is 4. The SMILES string of the molecule is COC1CC(OC2CCC3(C)C(CCC45OC(C)C6CCC(=O)C6(C)C(CC43)O5)C2)OC(C)C1OC1CC(OC)C(OC2CC(OC)C(OC3CC(OC)C(OC4OC(CO)C(O)C(O)C4O)C(C)O3)C(C)O2)C(C)O1. The lowest BCUT2D eigenvalue weighted by Crippen LogP contribution is -2.62. The van der Waals surface area contributed by atoms with E-state index < -0.39 is 135 Å². The van der Waals surface area contributed by atoms with Crippen LogP contribution in [0.1, 0.15) is 126 Å². The third-order valence-electron chi connectivity index (χ3n) is 20.2. The van der Waals surface area contributed by atoms with Crippen LogP contribution in [0.4, 0.5) is 0 Å². The first-order valence-electron chi connectivity index (χ1n) is 28.5. The van der Waals surface area contributed by atoms with E-state index in [4.69, 9.17) is 75.8 Å². The minimum Gasteiger partial charge on any atom is -0.394 e. The summed E-state index contributed by atoms with van der Waals surface area (Å²) < 4.78 is 102. The van der Waals surface area contributed by atoms with E-state index in [0.29, 0.717) is 37.4 Å². The Bertz CT molecular complexity index is 1950. The minimum absolute atomic E-state index is 0.00865. The lowest BCUT2D eigenvalue weighted by atomic mass is 9.52. The molecule has 1 spiro atoms. The largest absolute Gasteiger partial charge is 0.394 e. The summed E-state index contributed by atoms with van der Waals surface area (Å²) in [7, 11) is 6.50. The Morgan fingerprint density at radius 2 is 1.03 bits per heavy atom. The molecule has 10 fully saturated rings. The second-order valence-electron chi connectivity index (χ2n) is 24.4. The molecule has 21 nitrogen and oxygen atoms in total. The number of Topliss-reactive ketones (excluding diaryl/α,β-unsaturated/α-hetero) is 1. The highest BCUT2D eigenvalue weighted by molar-refractivity contribution is 5.88. The average Bonchev–Trinajstić information content (AvgIpc) is 4.02. The van der Waals surface area contributed by atoms with Crippen molar-refractivity contribution in [2.24, 2.45) is 28.6 Å². The Labute approximate surface area is 448 Å². The summed E-state index contributed by atoms with van der Waals surface area (Å²) in [5.41, 5.74) is -0.454. The van der Waals surface area contributed by atoms with Crippen LogP contribution in [0.3, 0.4) is 0 Å². The first kappa shape index (κ1) is 58.1. The lowest BCUT2D eigenvalue weighted by molar-refractivity contribution is -0.359. The number of ketones is 1. The standard InChI is InChI=1S/C55H90O21/c1-25-32-12-13-39(57)54(32,7)40-23-38-53(6)16-15-31(18-30(53)14-17-55(38,75-25)76-40)69-41-19-33(61-8)48(26(2)65-41)71-42-20-34(62-9)49(27(3)66-42)72-43-21-35(63-10)50(28(4)67-43)73-44-22-36(64-11)51(29(5)68-44)74-52-47(60)46(59)45(58)37(24-56)70-52/h25-38,40-52,56,58-60H,12-24H2,1-11H3. The molecule has 3 aliphatic carbocycles. The van der Waals surface area contributed by atoms with E-state index >= 15 is 0 Å². The predicted octanol–water partition coefficient (Wildman–Crippen LogP) is 3.42. The fourth-order valence-corrected chi connectivity index (χ4v) is 15.8. The Balaban J connectivity index is 0.692. The van der Waals surface area contributed by atoms with E-state index in [2.05, 4.69) is 20.8 Å². The Morgan fingerprint density at radius 3 is 1.51 bits per heavy atom. The molecule has 30 unspecified atom stereocenters. The molecule has 4 N–H and O–H groups in total. The second kappa shape index (κ2) is 23.3. The van der Waals surface area contributed by atoms with Gasteiger partial charge in [0.15, 0.2) is 37.2 Å². The molecule has 2 bridgehead atoms. The highest BCUT2D eigenvalue weighted by Gasteiger charge is 2.70. The molecule has 0 radical (unpaired) electrons. The number of carbonyl (C=O) groups excluding carboxylic acids is 1. The van der Waals surface area contributed by atoms with Gasteiger partial charge in [-0.2, -0.15) is 0 Å². The number of ether oxygens (including phenoxy) is 16. The molecule has 7 aliphatic heterocycles. The van der Waals surface area contributed by atoms with Gasteiger partial charge in [0.2, 0.25) is 0 Å². The van der Waals surface area contributed by atoms with Gasteiger partial charge in [0.05, 0.1) is 79.2 Å². The maximum absolute atomic E-state index is 13.4. The molecule has 10 rings (SSSR count). The van der Waals surface area contributed by atoms with Gasteiger partial charge in [0.1, 0.15) is 54.6 Å². The van der Waals surface area contributed by atoms with Crippen LogP contribution in [0, 0.1) is 28.6 Å². The maximum Gasteiger partial charge on any atom is 0.187 e. The smallest absolute Gasteiger partial charge is 0.187 e. The Hall–Kier alpha value is -1.13. The lowest BCUT2D eigenvalue weighted by Gasteiger charge is -2.57. The Kier molecular flexibility index (Phi) is 17.8. The quantitative estimate of drug-likeness (QED) is 0.172. The zero-order chi connectivity index (χ0) is 54.2. The van der Waals surface area contributed by atoms with Crippen molar-refractivity contribution in [1.29, 1.82) is 0 Å². The van der Waals surface area contributed by atoms with E-state index in [-0.39, 0.29) is 54.2 Å². The van der Waals surface area contributed by atoms with Crippen molar-refractivity contribution in [1.82, 2.24) is 0 Å². The van der Waals surface area contributed by atoms with Gasteiger partial charge in [0, 0.05) is 78.8 Å². The van der Waals surface area contributed by atoms with Gasteiger partial charge in [-0.15, -0.1) is 0 Å². The molecule has 7 saturated heterocycles. The molecule has 0 amide bonds. The number of hydrogen-bond acceptors (Lipinski definition) is 21. The van der Waals surface area contributed by atoms with Gasteiger partial charge in [0.25, 0.3) is 0 Å². The normalized spacial score (nSPS) is 54.6. The third kappa shape index (κ3) is 10.7. The van der Waals surface area contributed by atoms with E-state index in [1.807, 2.05) is 20.8 Å². The third-order valence-corrected chi connectivity index (χ3v) is 20.2. The van der Waals surface area contributed by atoms with Gasteiger partial charge in [-0.1, -0.05) is 6.92 Å². The topological polar surface area (TPSA) is 246 Å². The molecule has 0 aromatic carbocycles. The first-order valence-corrected chi connectivity index (χ1v) is 28.5. The van der Waals surface area contributed by atoms with Crippen LogP contribution in [-0.4, -0.2) is 214 Å². The minimum atomic E-state index is -1.59. The number of fused-ring (bicyclic) bond motifs is 5. The van der Waals surface area contributed by atoms with Gasteiger partial charge in [-0.3, -0.25) is 4.79 Å². The summed E-state index contributed by atoms with van der Waals surface area (Å²) in [6, 6.07) is 0. The summed E-state index contributed by atoms with van der Waals surface area (Å²) in [5.74, 6) is 0.623. The molecule has 21 heteroatoms. The van der Waals surface area contributed by atoms with Crippen molar-refractivity contribution >= 4 is 5.78 Å². The van der Waals surface area contributed by atoms with Crippen LogP contribution in [0.15, 0.2) is 0 Å². The van der Waals surface area contributed by atoms with Crippen LogP contribution in [0.2, 0.25) is 0 Å². The van der Waals surface area contributed by atoms with Crippen LogP contribution in [0.25, 0.3) is 0 Å². The monoisotopic (exact) mass is 1090 g/mol. The summed E-state index contributed by atoms with van der Waals surface area (Å²) in [4.78, 5) is 13.4. The summed E-state index contributed by atoms with van der Waals surface area (Å²) >= 11 is 0. The molecule has 436 valence electrons. The van der Waals surface area contributed by atoms with Gasteiger partial charge in [-0.05, 0) is 91.4 Å². The fraction of sp³-hybridized carbons (Fsp3) is 0.982. The average molecular weight is 1090 g/mol. The van der Waals surface area contributed by atoms with Gasteiger partial charge < -0.3 is 96.2 Å². The molecule has 0 aromatic rings. The van der Waals surface area contributed by atoms with Crippen LogP contribution < -0.4 is 0 Å². The van der Waals surface area contributed by atoms with Crippen molar-refractivity contribution in [3.05, 3.63) is 0 Å². The fourth-order valence-electron chi connectivity index (χ4n) is 15.8. The van der Waals surface area contributed by atoms with Crippen molar-refractivity contribution in [2.45, 2.75) is 279 Å². The van der Waals surface area contributed by atoms with Gasteiger partial charge in [-0.25, -0.2) is 0 Å². The van der Waals surface area contributed by atoms with Crippen molar-refractivity contribution in [3.8, 4) is 0 Å². The number of aliphatic hydroxyl groups excluding tert-OH is 4. The number of hydrogen-bond donors (Lipinski definition) is 4. The zero-order valence-corrected chi connectivity index (χ0v) is 46.5. The van der Waals surface area contributed by atoms with Crippen molar-refractivity contribution in [2.75, 3.05) is 35.0 Å². The van der Waals surface area contributed by atoms with E-state index in [9.17, 15) is 25.2 Å². The highest BCUT2D eigenvalue weighted by Crippen LogP contribution is 2.67. The summed E-state index contributed by atoms with van der Waals surface area (Å²) in [5, 5.41) is 40.8. The van der Waals surface area contributed by atoms with Crippen molar-refractivity contribution in [3.63, 3.8) is 0 Å². The highest BCUT2D eigenvalue weighted by atomic mass is 16.8. The van der Waals surface area contributed by atoms with Crippen LogP contribution in [-0.2, 0) is 80.6 Å². The van der Waals surface area contributed by atoms with Crippen LogP contribution >= 0.6 is 0 Å². The summed E-state index contributed by atoms with van der Waals surface area (Å²) in [6.07, 6.45) is -7.00. The molecule has 7 heterocycles. The molecule has 3 saturated carbocycles. The van der Waals surface area contributed by atoms with Crippen molar-refractivity contribution < 1.29 is 101 Å². The molecule has 0 aromatic heterocycles. The van der Waals surface area contributed by atoms with Gasteiger partial charge >= 0.3 is 0 Å². The number of aliphatic hydroxyl groups is 4. The number of carbonyl (C=O) groups is 1. The summed E-state index contributed by atoms with van der Waals surface area (Å²) in [6.45, 7) is 13.8. The Morgan fingerprint density at radius 1 is 0.539 bits per heavy atom. The second-order valence-corrected chi connectivity index (χ2v) is 24.4. The van der Waals surface area contributed by atoms with Crippen LogP contribution in [0.5, 0.6) is 0 Å². The predicted molar refractivity (Wildman–Crippen MR) is 264 cm³/mol. The molecular weight excluding hydrogens is 997 g/mol. The maximum atomic E-state index is 13.4. The zero-order valence-electron chi connectivity index (χ0n) is 46.5. The van der Waals surface area contributed by atoms with E-state index in [0.717, 1.165) is 44.9 Å². The van der Waals surface area contributed by atoms with E-state index in [1.165, 1.54) is 7.11 Å². The number of rotatable bonds is 15.